The van der Waals surface area contributed by atoms with Crippen molar-refractivity contribution in [1.82, 2.24) is 19.9 Å². The van der Waals surface area contributed by atoms with Gasteiger partial charge >= 0.3 is 0 Å². The second-order valence-corrected chi connectivity index (χ2v) is 2.85. The van der Waals surface area contributed by atoms with Crippen molar-refractivity contribution in [3.8, 4) is 0 Å². The van der Waals surface area contributed by atoms with Crippen LogP contribution < -0.4 is 5.56 Å². The molecule has 13 heavy (non-hydrogen) atoms. The first-order valence-corrected chi connectivity index (χ1v) is 3.94. The number of nitrogens with one attached hydrogen (secondary N) is 1. The molecule has 2 aromatic rings. The molecule has 0 amide bonds. The molecule has 0 unspecified atom stereocenters. The third-order valence-corrected chi connectivity index (χ3v) is 1.84. The number of H-pyrrole nitrogens is 1. The highest BCUT2D eigenvalue weighted by Gasteiger charge is 2.07. The molecule has 0 spiro atoms. The van der Waals surface area contributed by atoms with Gasteiger partial charge in [-0.05, 0) is 6.92 Å². The smallest absolute Gasteiger partial charge is 0.263 e. The van der Waals surface area contributed by atoms with Gasteiger partial charge in [0.2, 0.25) is 0 Å². The molecule has 0 aliphatic rings. The van der Waals surface area contributed by atoms with E-state index in [-0.39, 0.29) is 16.1 Å². The van der Waals surface area contributed by atoms with E-state index in [2.05, 4.69) is 19.9 Å². The van der Waals surface area contributed by atoms with Crippen LogP contribution in [0.3, 0.4) is 0 Å². The Balaban J connectivity index is 3.03. The minimum absolute atomic E-state index is 0.136. The maximum absolute atomic E-state index is 11.3. The molecule has 1 N–H and O–H groups in total. The molecule has 2 heterocycles. The largest absolute Gasteiger partial charge is 0.312 e. The van der Waals surface area contributed by atoms with E-state index in [1.165, 1.54) is 6.33 Å². The van der Waals surface area contributed by atoms with Crippen LogP contribution in [0.5, 0.6) is 0 Å². The minimum atomic E-state index is -0.324. The van der Waals surface area contributed by atoms with Gasteiger partial charge in [0.25, 0.3) is 5.56 Å². The van der Waals surface area contributed by atoms with Crippen LogP contribution >= 0.6 is 11.6 Å². The summed E-state index contributed by atoms with van der Waals surface area (Å²) in [6.07, 6.45) is 1.29. The first-order chi connectivity index (χ1) is 6.18. The van der Waals surface area contributed by atoms with Gasteiger partial charge in [-0.3, -0.25) is 4.79 Å². The summed E-state index contributed by atoms with van der Waals surface area (Å²) >= 11 is 5.76. The third kappa shape index (κ3) is 1.27. The van der Waals surface area contributed by atoms with E-state index in [1.54, 1.807) is 6.92 Å². The maximum atomic E-state index is 11.3. The lowest BCUT2D eigenvalue weighted by atomic mass is 10.4. The van der Waals surface area contributed by atoms with Gasteiger partial charge in [0.1, 0.15) is 16.4 Å². The molecule has 6 heteroatoms. The Morgan fingerprint density at radius 3 is 3.00 bits per heavy atom. The van der Waals surface area contributed by atoms with Gasteiger partial charge in [-0.25, -0.2) is 15.0 Å². The molecule has 0 radical (unpaired) electrons. The highest BCUT2D eigenvalue weighted by atomic mass is 35.5. The zero-order valence-corrected chi connectivity index (χ0v) is 7.46. The molecule has 0 aliphatic carbocycles. The Morgan fingerprint density at radius 2 is 2.23 bits per heavy atom. The molecule has 2 aromatic heterocycles. The van der Waals surface area contributed by atoms with Gasteiger partial charge in [0.05, 0.1) is 6.33 Å². The summed E-state index contributed by atoms with van der Waals surface area (Å²) in [4.78, 5) is 25.4. The Labute approximate surface area is 77.8 Å². The molecule has 0 bridgehead atoms. The number of hydrogen-bond acceptors (Lipinski definition) is 4. The van der Waals surface area contributed by atoms with Crippen LogP contribution in [0, 0.1) is 6.92 Å². The summed E-state index contributed by atoms with van der Waals surface area (Å²) in [5.74, 6) is 0.496. The van der Waals surface area contributed by atoms with Crippen molar-refractivity contribution < 1.29 is 0 Å². The van der Waals surface area contributed by atoms with Crippen LogP contribution in [0.2, 0.25) is 5.15 Å². The molecule has 0 aliphatic heterocycles. The van der Waals surface area contributed by atoms with Crippen molar-refractivity contribution in [2.24, 2.45) is 0 Å². The van der Waals surface area contributed by atoms with Crippen molar-refractivity contribution in [3.05, 3.63) is 27.7 Å². The number of aromatic amines is 1. The summed E-state index contributed by atoms with van der Waals surface area (Å²) < 4.78 is 0. The Hall–Kier alpha value is -1.49. The maximum Gasteiger partial charge on any atom is 0.263 e. The number of rotatable bonds is 0. The molecule has 0 saturated carbocycles. The van der Waals surface area contributed by atoms with Crippen LogP contribution in [0.4, 0.5) is 0 Å². The van der Waals surface area contributed by atoms with Crippen LogP contribution in [0.15, 0.2) is 11.1 Å². The van der Waals surface area contributed by atoms with E-state index in [9.17, 15) is 4.79 Å². The second kappa shape index (κ2) is 2.77. The van der Waals surface area contributed by atoms with Gasteiger partial charge in [-0.15, -0.1) is 0 Å². The van der Waals surface area contributed by atoms with Gasteiger partial charge in [-0.2, -0.15) is 0 Å². The summed E-state index contributed by atoms with van der Waals surface area (Å²) in [6.45, 7) is 1.69. The lowest BCUT2D eigenvalue weighted by Gasteiger charge is -1.97. The summed E-state index contributed by atoms with van der Waals surface area (Å²) in [7, 11) is 0. The lowest BCUT2D eigenvalue weighted by molar-refractivity contribution is 1.05. The quantitative estimate of drug-likeness (QED) is 0.629. The molecule has 66 valence electrons. The topological polar surface area (TPSA) is 71.5 Å². The average Bonchev–Trinajstić information content (AvgIpc) is 2.02. The molecular weight excluding hydrogens is 192 g/mol. The zero-order valence-electron chi connectivity index (χ0n) is 6.71. The number of fused-ring (bicyclic) bond motifs is 1. The summed E-state index contributed by atoms with van der Waals surface area (Å²) in [6, 6.07) is 0. The lowest BCUT2D eigenvalue weighted by Crippen LogP contribution is -2.09. The SMILES string of the molecule is Cc1nc(Cl)c2c(=O)[nH]cnc2n1. The molecule has 0 aromatic carbocycles. The van der Waals surface area contributed by atoms with E-state index in [4.69, 9.17) is 11.6 Å². The highest BCUT2D eigenvalue weighted by Crippen LogP contribution is 2.13. The van der Waals surface area contributed by atoms with Crippen LogP contribution in [-0.2, 0) is 0 Å². The van der Waals surface area contributed by atoms with E-state index in [1.807, 2.05) is 0 Å². The number of hydrogen-bond donors (Lipinski definition) is 1. The highest BCUT2D eigenvalue weighted by molar-refractivity contribution is 6.33. The van der Waals surface area contributed by atoms with E-state index < -0.39 is 0 Å². The fraction of sp³-hybridized carbons (Fsp3) is 0.143. The first-order valence-electron chi connectivity index (χ1n) is 3.56. The fourth-order valence-corrected chi connectivity index (χ4v) is 1.33. The van der Waals surface area contributed by atoms with E-state index >= 15 is 0 Å². The predicted octanol–water partition coefficient (Wildman–Crippen LogP) is 0.675. The molecule has 0 saturated heterocycles. The first kappa shape index (κ1) is 8.12. The molecular formula is C7H5ClN4O. The predicted molar refractivity (Wildman–Crippen MR) is 47.7 cm³/mol. The number of aryl methyl sites for hydroxylation is 1. The van der Waals surface area contributed by atoms with Crippen molar-refractivity contribution in [2.45, 2.75) is 6.92 Å². The zero-order chi connectivity index (χ0) is 9.42. The van der Waals surface area contributed by atoms with Gasteiger partial charge in [0.15, 0.2) is 5.65 Å². The Morgan fingerprint density at radius 1 is 1.46 bits per heavy atom. The fourth-order valence-electron chi connectivity index (χ4n) is 1.04. The van der Waals surface area contributed by atoms with Crippen LogP contribution in [0.25, 0.3) is 11.0 Å². The van der Waals surface area contributed by atoms with Gasteiger partial charge in [-0.1, -0.05) is 11.6 Å². The number of nitrogens with zero attached hydrogens (tertiary/aromatic N) is 3. The normalized spacial score (nSPS) is 10.6. The van der Waals surface area contributed by atoms with Crippen molar-refractivity contribution in [1.29, 1.82) is 0 Å². The van der Waals surface area contributed by atoms with E-state index in [0.29, 0.717) is 11.5 Å². The minimum Gasteiger partial charge on any atom is -0.312 e. The van der Waals surface area contributed by atoms with Gasteiger partial charge < -0.3 is 4.98 Å². The Kier molecular flexibility index (Phi) is 1.73. The average molecular weight is 197 g/mol. The van der Waals surface area contributed by atoms with Gasteiger partial charge in [0, 0.05) is 0 Å². The summed E-state index contributed by atoms with van der Waals surface area (Å²) in [5.41, 5.74) is -0.00347. The van der Waals surface area contributed by atoms with Crippen molar-refractivity contribution >= 4 is 22.6 Å². The molecule has 0 fully saturated rings. The molecule has 5 nitrogen and oxygen atoms in total. The second-order valence-electron chi connectivity index (χ2n) is 2.49. The third-order valence-electron chi connectivity index (χ3n) is 1.57. The number of aromatic nitrogens is 4. The number of halogens is 1. The van der Waals surface area contributed by atoms with E-state index in [0.717, 1.165) is 0 Å². The van der Waals surface area contributed by atoms with Crippen LogP contribution in [0.1, 0.15) is 5.82 Å². The van der Waals surface area contributed by atoms with Crippen molar-refractivity contribution in [3.63, 3.8) is 0 Å². The monoisotopic (exact) mass is 196 g/mol. The standard InChI is InChI=1S/C7H5ClN4O/c1-3-11-5(8)4-6(12-3)9-2-10-7(4)13/h2H,1H3,(H,9,10,11,12,13). The van der Waals surface area contributed by atoms with Crippen LogP contribution in [-0.4, -0.2) is 19.9 Å². The summed E-state index contributed by atoms with van der Waals surface area (Å²) in [5, 5.41) is 0.367. The molecule has 2 rings (SSSR count). The Bertz CT molecular complexity index is 521. The van der Waals surface area contributed by atoms with Crippen molar-refractivity contribution in [2.75, 3.05) is 0 Å². The molecule has 0 atom stereocenters.